The summed E-state index contributed by atoms with van der Waals surface area (Å²) in [5, 5.41) is 5.60. The molecule has 0 radical (unpaired) electrons. The molecule has 1 aromatic heterocycles. The molecule has 0 saturated carbocycles. The molecular weight excluding hydrogens is 244 g/mol. The van der Waals surface area contributed by atoms with Crippen molar-refractivity contribution in [3.63, 3.8) is 0 Å². The molecular formula is C15H21ClN2. The van der Waals surface area contributed by atoms with Crippen LogP contribution in [0.25, 0.3) is 10.9 Å². The van der Waals surface area contributed by atoms with Crippen LogP contribution in [0.2, 0.25) is 5.02 Å². The number of hydrogen-bond acceptors (Lipinski definition) is 1. The normalized spacial score (nSPS) is 12.2. The monoisotopic (exact) mass is 264 g/mol. The third kappa shape index (κ3) is 2.88. The first-order chi connectivity index (χ1) is 8.53. The van der Waals surface area contributed by atoms with Crippen LogP contribution in [-0.2, 0) is 6.54 Å². The number of halogens is 1. The summed E-state index contributed by atoms with van der Waals surface area (Å²) in [7, 11) is 0. The fraction of sp³-hybridized carbons (Fsp3) is 0.467. The van der Waals surface area contributed by atoms with E-state index in [1.165, 1.54) is 5.39 Å². The molecule has 2 rings (SSSR count). The highest BCUT2D eigenvalue weighted by atomic mass is 35.5. The third-order valence-electron chi connectivity index (χ3n) is 3.58. The van der Waals surface area contributed by atoms with Crippen molar-refractivity contribution in [1.29, 1.82) is 0 Å². The van der Waals surface area contributed by atoms with Crippen LogP contribution in [0.15, 0.2) is 30.5 Å². The Labute approximate surface area is 114 Å². The van der Waals surface area contributed by atoms with Gasteiger partial charge in [0.1, 0.15) is 0 Å². The van der Waals surface area contributed by atoms with E-state index in [1.54, 1.807) is 0 Å². The van der Waals surface area contributed by atoms with E-state index in [1.807, 2.05) is 12.1 Å². The number of rotatable bonds is 5. The lowest BCUT2D eigenvalue weighted by molar-refractivity contribution is 0.369. The van der Waals surface area contributed by atoms with Gasteiger partial charge in [0, 0.05) is 30.2 Å². The van der Waals surface area contributed by atoms with Crippen LogP contribution in [0.3, 0.4) is 0 Å². The van der Waals surface area contributed by atoms with Crippen molar-refractivity contribution >= 4 is 22.5 Å². The SMILES string of the molecule is CCC(C)(C)NCCn1ccc2cccc(Cl)c21. The van der Waals surface area contributed by atoms with Crippen molar-refractivity contribution in [2.24, 2.45) is 0 Å². The molecule has 0 aliphatic carbocycles. The zero-order valence-electron chi connectivity index (χ0n) is 11.3. The van der Waals surface area contributed by atoms with Gasteiger partial charge in [0.05, 0.1) is 10.5 Å². The summed E-state index contributed by atoms with van der Waals surface area (Å²) < 4.78 is 2.22. The number of para-hydroxylation sites is 1. The third-order valence-corrected chi connectivity index (χ3v) is 3.88. The van der Waals surface area contributed by atoms with E-state index in [0.717, 1.165) is 30.0 Å². The molecule has 0 atom stereocenters. The van der Waals surface area contributed by atoms with Crippen molar-refractivity contribution in [3.8, 4) is 0 Å². The molecule has 2 aromatic rings. The predicted octanol–water partition coefficient (Wildman–Crippen LogP) is 4.07. The molecule has 0 amide bonds. The lowest BCUT2D eigenvalue weighted by Gasteiger charge is -2.24. The average molecular weight is 265 g/mol. The quantitative estimate of drug-likeness (QED) is 0.861. The Morgan fingerprint density at radius 1 is 1.28 bits per heavy atom. The van der Waals surface area contributed by atoms with Gasteiger partial charge in [-0.25, -0.2) is 0 Å². The summed E-state index contributed by atoms with van der Waals surface area (Å²) in [4.78, 5) is 0. The van der Waals surface area contributed by atoms with Crippen LogP contribution in [0.1, 0.15) is 27.2 Å². The summed E-state index contributed by atoms with van der Waals surface area (Å²) in [6.45, 7) is 8.56. The van der Waals surface area contributed by atoms with E-state index in [2.05, 4.69) is 49.0 Å². The largest absolute Gasteiger partial charge is 0.345 e. The minimum Gasteiger partial charge on any atom is -0.345 e. The van der Waals surface area contributed by atoms with Gasteiger partial charge in [-0.15, -0.1) is 0 Å². The van der Waals surface area contributed by atoms with Crippen LogP contribution < -0.4 is 5.32 Å². The summed E-state index contributed by atoms with van der Waals surface area (Å²) in [6.07, 6.45) is 3.23. The van der Waals surface area contributed by atoms with Crippen molar-refractivity contribution in [3.05, 3.63) is 35.5 Å². The molecule has 2 nitrogen and oxygen atoms in total. The van der Waals surface area contributed by atoms with E-state index in [-0.39, 0.29) is 5.54 Å². The van der Waals surface area contributed by atoms with Crippen LogP contribution in [0, 0.1) is 0 Å². The van der Waals surface area contributed by atoms with Crippen molar-refractivity contribution in [1.82, 2.24) is 9.88 Å². The van der Waals surface area contributed by atoms with Crippen LogP contribution in [-0.4, -0.2) is 16.7 Å². The average Bonchev–Trinajstić information content (AvgIpc) is 2.74. The maximum Gasteiger partial charge on any atom is 0.0670 e. The van der Waals surface area contributed by atoms with Gasteiger partial charge >= 0.3 is 0 Å². The molecule has 0 aliphatic heterocycles. The van der Waals surface area contributed by atoms with E-state index in [0.29, 0.717) is 0 Å². The maximum absolute atomic E-state index is 6.26. The van der Waals surface area contributed by atoms with Crippen molar-refractivity contribution < 1.29 is 0 Å². The van der Waals surface area contributed by atoms with E-state index in [4.69, 9.17) is 11.6 Å². The molecule has 0 bridgehead atoms. The first-order valence-corrected chi connectivity index (χ1v) is 6.90. The molecule has 0 spiro atoms. The smallest absolute Gasteiger partial charge is 0.0670 e. The van der Waals surface area contributed by atoms with Crippen LogP contribution >= 0.6 is 11.6 Å². The minimum absolute atomic E-state index is 0.201. The molecule has 1 heterocycles. The van der Waals surface area contributed by atoms with E-state index >= 15 is 0 Å². The van der Waals surface area contributed by atoms with E-state index in [9.17, 15) is 0 Å². The standard InChI is InChI=1S/C15H21ClN2/c1-4-15(2,3)17-9-11-18-10-8-12-6-5-7-13(16)14(12)18/h5-8,10,17H,4,9,11H2,1-3H3. The zero-order chi connectivity index (χ0) is 13.2. The zero-order valence-corrected chi connectivity index (χ0v) is 12.1. The Bertz CT molecular complexity index is 528. The first-order valence-electron chi connectivity index (χ1n) is 6.52. The second kappa shape index (κ2) is 5.33. The molecule has 1 aromatic carbocycles. The Kier molecular flexibility index (Phi) is 3.98. The molecule has 98 valence electrons. The number of aromatic nitrogens is 1. The number of benzene rings is 1. The highest BCUT2D eigenvalue weighted by Gasteiger charge is 2.13. The van der Waals surface area contributed by atoms with Gasteiger partial charge in [-0.1, -0.05) is 30.7 Å². The molecule has 1 N–H and O–H groups in total. The van der Waals surface area contributed by atoms with Gasteiger partial charge < -0.3 is 9.88 Å². The van der Waals surface area contributed by atoms with Crippen LogP contribution in [0.4, 0.5) is 0 Å². The molecule has 3 heteroatoms. The lowest BCUT2D eigenvalue weighted by Crippen LogP contribution is -2.40. The van der Waals surface area contributed by atoms with Gasteiger partial charge in [0.15, 0.2) is 0 Å². The van der Waals surface area contributed by atoms with Gasteiger partial charge in [0.2, 0.25) is 0 Å². The molecule has 18 heavy (non-hydrogen) atoms. The Balaban J connectivity index is 2.09. The predicted molar refractivity (Wildman–Crippen MR) is 79.3 cm³/mol. The fourth-order valence-corrected chi connectivity index (χ4v) is 2.33. The number of fused-ring (bicyclic) bond motifs is 1. The summed E-state index contributed by atoms with van der Waals surface area (Å²) in [5.74, 6) is 0. The topological polar surface area (TPSA) is 17.0 Å². The Morgan fingerprint density at radius 3 is 2.78 bits per heavy atom. The van der Waals surface area contributed by atoms with Gasteiger partial charge in [-0.05, 0) is 32.4 Å². The highest BCUT2D eigenvalue weighted by Crippen LogP contribution is 2.24. The van der Waals surface area contributed by atoms with Crippen LogP contribution in [0.5, 0.6) is 0 Å². The summed E-state index contributed by atoms with van der Waals surface area (Å²) >= 11 is 6.26. The maximum atomic E-state index is 6.26. The van der Waals surface area contributed by atoms with Crippen molar-refractivity contribution in [2.45, 2.75) is 39.3 Å². The summed E-state index contributed by atoms with van der Waals surface area (Å²) in [5.41, 5.74) is 1.34. The first kappa shape index (κ1) is 13.4. The van der Waals surface area contributed by atoms with Gasteiger partial charge in [0.25, 0.3) is 0 Å². The molecule has 0 saturated heterocycles. The second-order valence-corrected chi connectivity index (χ2v) is 5.76. The number of nitrogens with zero attached hydrogens (tertiary/aromatic N) is 1. The van der Waals surface area contributed by atoms with E-state index < -0.39 is 0 Å². The van der Waals surface area contributed by atoms with Gasteiger partial charge in [-0.3, -0.25) is 0 Å². The Hall–Kier alpha value is -0.990. The molecule has 0 unspecified atom stereocenters. The lowest BCUT2D eigenvalue weighted by atomic mass is 10.0. The molecule has 0 aliphatic rings. The van der Waals surface area contributed by atoms with Gasteiger partial charge in [-0.2, -0.15) is 0 Å². The second-order valence-electron chi connectivity index (χ2n) is 5.35. The molecule has 0 fully saturated rings. The fourth-order valence-electron chi connectivity index (χ4n) is 2.04. The minimum atomic E-state index is 0.201. The summed E-state index contributed by atoms with van der Waals surface area (Å²) in [6, 6.07) is 8.16. The Morgan fingerprint density at radius 2 is 2.06 bits per heavy atom. The number of nitrogens with one attached hydrogen (secondary N) is 1. The van der Waals surface area contributed by atoms with Crippen molar-refractivity contribution in [2.75, 3.05) is 6.54 Å². The highest BCUT2D eigenvalue weighted by molar-refractivity contribution is 6.35. The number of hydrogen-bond donors (Lipinski definition) is 1.